The van der Waals surface area contributed by atoms with Crippen LogP contribution in [0.4, 0.5) is 13.2 Å². The van der Waals surface area contributed by atoms with E-state index in [4.69, 9.17) is 5.73 Å². The lowest BCUT2D eigenvalue weighted by atomic mass is 9.91. The van der Waals surface area contributed by atoms with E-state index in [1.165, 1.54) is 4.90 Å². The standard InChI is InChI=1S/C16H21F3N2O.ClH/c1-11(14(20)12-5-3-2-4-6-12)15(22)21-9-7-13(8-10-21)16(17,18)19;/h2-6,11,13-14H,7-10,20H2,1H3;1H. The minimum atomic E-state index is -4.17. The largest absolute Gasteiger partial charge is 0.391 e. The van der Waals surface area contributed by atoms with Gasteiger partial charge in [-0.3, -0.25) is 4.79 Å². The Balaban J connectivity index is 0.00000264. The molecule has 2 N–H and O–H groups in total. The molecule has 1 heterocycles. The summed E-state index contributed by atoms with van der Waals surface area (Å²) in [7, 11) is 0. The molecule has 23 heavy (non-hydrogen) atoms. The lowest BCUT2D eigenvalue weighted by Crippen LogP contribution is -2.45. The molecule has 1 fully saturated rings. The minimum Gasteiger partial charge on any atom is -0.342 e. The van der Waals surface area contributed by atoms with E-state index >= 15 is 0 Å². The van der Waals surface area contributed by atoms with Crippen LogP contribution in [0.3, 0.4) is 0 Å². The van der Waals surface area contributed by atoms with Gasteiger partial charge < -0.3 is 10.6 Å². The van der Waals surface area contributed by atoms with Crippen molar-refractivity contribution in [2.45, 2.75) is 32.0 Å². The van der Waals surface area contributed by atoms with E-state index in [0.717, 1.165) is 5.56 Å². The Morgan fingerprint density at radius 2 is 1.74 bits per heavy atom. The number of carbonyl (C=O) groups excluding carboxylic acids is 1. The molecule has 1 aromatic rings. The lowest BCUT2D eigenvalue weighted by Gasteiger charge is -2.35. The first-order valence-electron chi connectivity index (χ1n) is 7.46. The van der Waals surface area contributed by atoms with Gasteiger partial charge in [0.25, 0.3) is 0 Å². The molecule has 0 radical (unpaired) electrons. The van der Waals surface area contributed by atoms with Crippen molar-refractivity contribution in [3.63, 3.8) is 0 Å². The summed E-state index contributed by atoms with van der Waals surface area (Å²) in [5.74, 6) is -1.92. The maximum Gasteiger partial charge on any atom is 0.391 e. The molecule has 0 aromatic heterocycles. The Bertz CT molecular complexity index is 502. The van der Waals surface area contributed by atoms with E-state index in [1.54, 1.807) is 6.92 Å². The SMILES string of the molecule is CC(C(=O)N1CCC(C(F)(F)F)CC1)C(N)c1ccccc1.Cl. The third-order valence-corrected chi connectivity index (χ3v) is 4.38. The smallest absolute Gasteiger partial charge is 0.342 e. The normalized spacial score (nSPS) is 18.9. The second-order valence-corrected chi connectivity index (χ2v) is 5.87. The van der Waals surface area contributed by atoms with Gasteiger partial charge in [-0.05, 0) is 18.4 Å². The number of hydrogen-bond donors (Lipinski definition) is 1. The first kappa shape index (κ1) is 19.8. The van der Waals surface area contributed by atoms with Crippen molar-refractivity contribution in [1.82, 2.24) is 4.90 Å². The van der Waals surface area contributed by atoms with Crippen LogP contribution in [0.15, 0.2) is 30.3 Å². The van der Waals surface area contributed by atoms with Gasteiger partial charge in [-0.1, -0.05) is 37.3 Å². The molecular weight excluding hydrogens is 329 g/mol. The van der Waals surface area contributed by atoms with Gasteiger partial charge in [0.05, 0.1) is 11.8 Å². The molecule has 0 aliphatic carbocycles. The fraction of sp³-hybridized carbons (Fsp3) is 0.562. The number of benzene rings is 1. The molecule has 2 rings (SSSR count). The Morgan fingerprint density at radius 1 is 1.22 bits per heavy atom. The van der Waals surface area contributed by atoms with Crippen LogP contribution in [0.25, 0.3) is 0 Å². The average molecular weight is 351 g/mol. The van der Waals surface area contributed by atoms with Gasteiger partial charge in [-0.25, -0.2) is 0 Å². The number of carbonyl (C=O) groups is 1. The molecule has 1 saturated heterocycles. The zero-order valence-corrected chi connectivity index (χ0v) is 13.7. The van der Waals surface area contributed by atoms with Gasteiger partial charge in [0.1, 0.15) is 0 Å². The predicted molar refractivity (Wildman–Crippen MR) is 85.1 cm³/mol. The number of hydrogen-bond acceptors (Lipinski definition) is 2. The molecule has 1 amide bonds. The van der Waals surface area contributed by atoms with Crippen molar-refractivity contribution in [2.75, 3.05) is 13.1 Å². The fourth-order valence-electron chi connectivity index (χ4n) is 2.83. The molecule has 0 saturated carbocycles. The molecule has 1 aliphatic heterocycles. The van der Waals surface area contributed by atoms with Gasteiger partial charge in [0.2, 0.25) is 5.91 Å². The highest BCUT2D eigenvalue weighted by molar-refractivity contribution is 5.85. The summed E-state index contributed by atoms with van der Waals surface area (Å²) in [6.45, 7) is 2.03. The Morgan fingerprint density at radius 3 is 2.22 bits per heavy atom. The van der Waals surface area contributed by atoms with Crippen LogP contribution in [-0.2, 0) is 4.79 Å². The summed E-state index contributed by atoms with van der Waals surface area (Å²) in [6.07, 6.45) is -4.22. The van der Waals surface area contributed by atoms with Crippen molar-refractivity contribution in [1.29, 1.82) is 0 Å². The highest BCUT2D eigenvalue weighted by Crippen LogP contribution is 2.34. The predicted octanol–water partition coefficient (Wildman–Crippen LogP) is 3.55. The van der Waals surface area contributed by atoms with E-state index < -0.39 is 24.1 Å². The van der Waals surface area contributed by atoms with Crippen molar-refractivity contribution in [2.24, 2.45) is 17.6 Å². The average Bonchev–Trinajstić information content (AvgIpc) is 2.53. The molecular formula is C16H22ClF3N2O. The van der Waals surface area contributed by atoms with Gasteiger partial charge in [-0.15, -0.1) is 12.4 Å². The first-order chi connectivity index (χ1) is 10.3. The molecule has 3 nitrogen and oxygen atoms in total. The second kappa shape index (κ2) is 8.02. The molecule has 130 valence electrons. The Kier molecular flexibility index (Phi) is 6.89. The first-order valence-corrected chi connectivity index (χ1v) is 7.46. The number of piperidine rings is 1. The second-order valence-electron chi connectivity index (χ2n) is 5.87. The maximum atomic E-state index is 12.7. The minimum absolute atomic E-state index is 0. The molecule has 0 bridgehead atoms. The number of rotatable bonds is 3. The summed E-state index contributed by atoms with van der Waals surface area (Å²) in [6, 6.07) is 8.82. The monoisotopic (exact) mass is 350 g/mol. The summed E-state index contributed by atoms with van der Waals surface area (Å²) in [5.41, 5.74) is 6.97. The molecule has 2 atom stereocenters. The van der Waals surface area contributed by atoms with E-state index in [2.05, 4.69) is 0 Å². The Hall–Kier alpha value is -1.27. The number of amides is 1. The molecule has 2 unspecified atom stereocenters. The zero-order valence-electron chi connectivity index (χ0n) is 12.9. The Labute approximate surface area is 140 Å². The summed E-state index contributed by atoms with van der Waals surface area (Å²) in [5, 5.41) is 0. The third-order valence-electron chi connectivity index (χ3n) is 4.38. The topological polar surface area (TPSA) is 46.3 Å². The van der Waals surface area contributed by atoms with Gasteiger partial charge in [0.15, 0.2) is 0 Å². The van der Waals surface area contributed by atoms with Crippen LogP contribution in [0.1, 0.15) is 31.4 Å². The number of nitrogens with zero attached hydrogens (tertiary/aromatic N) is 1. The van der Waals surface area contributed by atoms with E-state index in [0.29, 0.717) is 0 Å². The van der Waals surface area contributed by atoms with Crippen molar-refractivity contribution < 1.29 is 18.0 Å². The van der Waals surface area contributed by atoms with Crippen LogP contribution in [0.5, 0.6) is 0 Å². The zero-order chi connectivity index (χ0) is 16.3. The third kappa shape index (κ3) is 4.85. The van der Waals surface area contributed by atoms with E-state index in [-0.39, 0.29) is 44.2 Å². The quantitative estimate of drug-likeness (QED) is 0.906. The molecule has 1 aliphatic rings. The van der Waals surface area contributed by atoms with Gasteiger partial charge in [-0.2, -0.15) is 13.2 Å². The summed E-state index contributed by atoms with van der Waals surface area (Å²) in [4.78, 5) is 13.9. The van der Waals surface area contributed by atoms with E-state index in [1.807, 2.05) is 30.3 Å². The number of halogens is 4. The summed E-state index contributed by atoms with van der Waals surface area (Å²) < 4.78 is 38.0. The van der Waals surface area contributed by atoms with E-state index in [9.17, 15) is 18.0 Å². The highest BCUT2D eigenvalue weighted by Gasteiger charge is 2.42. The van der Waals surface area contributed by atoms with Crippen LogP contribution in [0, 0.1) is 11.8 Å². The molecule has 1 aromatic carbocycles. The number of likely N-dealkylation sites (tertiary alicyclic amines) is 1. The number of alkyl halides is 3. The van der Waals surface area contributed by atoms with Gasteiger partial charge in [0, 0.05) is 19.1 Å². The molecule has 0 spiro atoms. The van der Waals surface area contributed by atoms with Crippen molar-refractivity contribution >= 4 is 18.3 Å². The summed E-state index contributed by atoms with van der Waals surface area (Å²) >= 11 is 0. The fourth-order valence-corrected chi connectivity index (χ4v) is 2.83. The van der Waals surface area contributed by atoms with Crippen LogP contribution >= 0.6 is 12.4 Å². The van der Waals surface area contributed by atoms with Crippen molar-refractivity contribution in [3.8, 4) is 0 Å². The maximum absolute atomic E-state index is 12.7. The number of nitrogens with two attached hydrogens (primary N) is 1. The van der Waals surface area contributed by atoms with Crippen LogP contribution in [-0.4, -0.2) is 30.1 Å². The highest BCUT2D eigenvalue weighted by atomic mass is 35.5. The molecule has 7 heteroatoms. The van der Waals surface area contributed by atoms with Crippen LogP contribution < -0.4 is 5.73 Å². The van der Waals surface area contributed by atoms with Gasteiger partial charge >= 0.3 is 6.18 Å². The van der Waals surface area contributed by atoms with Crippen molar-refractivity contribution in [3.05, 3.63) is 35.9 Å². The van der Waals surface area contributed by atoms with Crippen LogP contribution in [0.2, 0.25) is 0 Å². The lowest BCUT2D eigenvalue weighted by molar-refractivity contribution is -0.187.